The van der Waals surface area contributed by atoms with Gasteiger partial charge in [0.15, 0.2) is 0 Å². The number of hydrogen-bond donors (Lipinski definition) is 1. The average Bonchev–Trinajstić information content (AvgIpc) is 2.65. The zero-order valence-electron chi connectivity index (χ0n) is 8.05. The monoisotopic (exact) mass is 211 g/mol. The Balaban J connectivity index is 1.98. The van der Waals surface area contributed by atoms with Crippen molar-refractivity contribution in [2.75, 3.05) is 24.3 Å². The number of nitrogens with one attached hydrogen (secondary N) is 1. The number of ether oxygens (including phenoxy) is 1. The van der Waals surface area contributed by atoms with Crippen LogP contribution in [0.3, 0.4) is 0 Å². The quantitative estimate of drug-likeness (QED) is 0.611. The van der Waals surface area contributed by atoms with Gasteiger partial charge in [0.2, 0.25) is 0 Å². The third kappa shape index (κ3) is 2.13. The molecule has 76 valence electrons. The topological polar surface area (TPSA) is 21.3 Å². The summed E-state index contributed by atoms with van der Waals surface area (Å²) >= 11 is 5.60. The number of halogens is 1. The summed E-state index contributed by atoms with van der Waals surface area (Å²) in [7, 11) is 0. The third-order valence-electron chi connectivity index (χ3n) is 2.33. The van der Waals surface area contributed by atoms with Crippen molar-refractivity contribution in [2.45, 2.75) is 12.8 Å². The van der Waals surface area contributed by atoms with E-state index >= 15 is 0 Å². The number of benzene rings is 1. The van der Waals surface area contributed by atoms with E-state index in [1.54, 1.807) is 0 Å². The van der Waals surface area contributed by atoms with E-state index in [9.17, 15) is 0 Å². The van der Waals surface area contributed by atoms with Gasteiger partial charge in [-0.2, -0.15) is 0 Å². The summed E-state index contributed by atoms with van der Waals surface area (Å²) in [5, 5.41) is 3.34. The van der Waals surface area contributed by atoms with Gasteiger partial charge in [0, 0.05) is 24.5 Å². The Morgan fingerprint density at radius 1 is 1.43 bits per heavy atom. The van der Waals surface area contributed by atoms with Crippen LogP contribution in [0.25, 0.3) is 0 Å². The van der Waals surface area contributed by atoms with Crippen molar-refractivity contribution in [3.63, 3.8) is 0 Å². The van der Waals surface area contributed by atoms with Crippen LogP contribution >= 0.6 is 11.6 Å². The molecule has 0 saturated carbocycles. The van der Waals surface area contributed by atoms with Crippen LogP contribution in [0.15, 0.2) is 18.2 Å². The molecule has 0 spiro atoms. The van der Waals surface area contributed by atoms with Gasteiger partial charge in [-0.15, -0.1) is 11.6 Å². The molecule has 0 amide bonds. The van der Waals surface area contributed by atoms with Gasteiger partial charge in [-0.25, -0.2) is 0 Å². The lowest BCUT2D eigenvalue weighted by atomic mass is 10.1. The van der Waals surface area contributed by atoms with Crippen LogP contribution in [0.5, 0.6) is 5.75 Å². The summed E-state index contributed by atoms with van der Waals surface area (Å²) in [5.41, 5.74) is 2.47. The molecule has 1 N–H and O–H groups in total. The van der Waals surface area contributed by atoms with Crippen molar-refractivity contribution in [1.29, 1.82) is 0 Å². The van der Waals surface area contributed by atoms with Gasteiger partial charge in [0.1, 0.15) is 5.75 Å². The Bertz CT molecular complexity index is 314. The molecule has 0 unspecified atom stereocenters. The minimum Gasteiger partial charge on any atom is -0.493 e. The van der Waals surface area contributed by atoms with Crippen molar-refractivity contribution < 1.29 is 4.74 Å². The van der Waals surface area contributed by atoms with E-state index in [4.69, 9.17) is 16.3 Å². The first-order chi connectivity index (χ1) is 6.90. The molecule has 3 heteroatoms. The van der Waals surface area contributed by atoms with E-state index in [-0.39, 0.29) is 0 Å². The van der Waals surface area contributed by atoms with Gasteiger partial charge < -0.3 is 10.1 Å². The summed E-state index contributed by atoms with van der Waals surface area (Å²) in [6.45, 7) is 1.75. The normalized spacial score (nSPS) is 13.5. The van der Waals surface area contributed by atoms with E-state index in [2.05, 4.69) is 17.4 Å². The van der Waals surface area contributed by atoms with Crippen LogP contribution in [0.4, 0.5) is 5.69 Å². The SMILES string of the molecule is ClCCCNc1ccc2c(c1)CCO2. The molecular weight excluding hydrogens is 198 g/mol. The predicted molar refractivity (Wildman–Crippen MR) is 59.5 cm³/mol. The van der Waals surface area contributed by atoms with Crippen LogP contribution in [0.1, 0.15) is 12.0 Å². The fourth-order valence-corrected chi connectivity index (χ4v) is 1.73. The zero-order valence-corrected chi connectivity index (χ0v) is 8.81. The van der Waals surface area contributed by atoms with Crippen molar-refractivity contribution in [3.05, 3.63) is 23.8 Å². The highest BCUT2D eigenvalue weighted by Gasteiger charge is 2.11. The minimum atomic E-state index is 0.709. The van der Waals surface area contributed by atoms with Crippen LogP contribution in [0, 0.1) is 0 Å². The fraction of sp³-hybridized carbons (Fsp3) is 0.455. The van der Waals surface area contributed by atoms with Crippen molar-refractivity contribution in [2.24, 2.45) is 0 Å². The molecule has 1 heterocycles. The number of alkyl halides is 1. The van der Waals surface area contributed by atoms with Crippen molar-refractivity contribution >= 4 is 17.3 Å². The molecule has 0 aromatic heterocycles. The molecule has 1 aliphatic heterocycles. The van der Waals surface area contributed by atoms with Gasteiger partial charge in [0.25, 0.3) is 0 Å². The predicted octanol–water partition coefficient (Wildman–Crippen LogP) is 2.66. The van der Waals surface area contributed by atoms with Gasteiger partial charge in [0.05, 0.1) is 6.61 Å². The Morgan fingerprint density at radius 2 is 2.36 bits per heavy atom. The maximum absolute atomic E-state index is 5.60. The van der Waals surface area contributed by atoms with Crippen LogP contribution in [-0.4, -0.2) is 19.0 Å². The first kappa shape index (κ1) is 9.66. The van der Waals surface area contributed by atoms with Crippen LogP contribution in [0.2, 0.25) is 0 Å². The molecule has 0 radical (unpaired) electrons. The van der Waals surface area contributed by atoms with Crippen LogP contribution in [-0.2, 0) is 6.42 Å². The first-order valence-corrected chi connectivity index (χ1v) is 5.49. The minimum absolute atomic E-state index is 0.709. The highest BCUT2D eigenvalue weighted by molar-refractivity contribution is 6.17. The van der Waals surface area contributed by atoms with Gasteiger partial charge in [-0.3, -0.25) is 0 Å². The lowest BCUT2D eigenvalue weighted by Crippen LogP contribution is -2.01. The van der Waals surface area contributed by atoms with E-state index in [1.165, 1.54) is 11.3 Å². The lowest BCUT2D eigenvalue weighted by molar-refractivity contribution is 0.357. The standard InChI is InChI=1S/C11H14ClNO/c12-5-1-6-13-10-2-3-11-9(8-10)4-7-14-11/h2-3,8,13H,1,4-7H2. The average molecular weight is 212 g/mol. The number of anilines is 1. The molecule has 0 atom stereocenters. The number of rotatable bonds is 4. The molecule has 1 aromatic carbocycles. The summed E-state index contributed by atoms with van der Waals surface area (Å²) in [6.07, 6.45) is 2.02. The van der Waals surface area contributed by atoms with E-state index in [0.29, 0.717) is 5.88 Å². The Labute approximate surface area is 89.2 Å². The second kappa shape index (κ2) is 4.56. The molecule has 0 aliphatic carbocycles. The maximum atomic E-state index is 5.60. The number of hydrogen-bond acceptors (Lipinski definition) is 2. The second-order valence-electron chi connectivity index (χ2n) is 3.39. The third-order valence-corrected chi connectivity index (χ3v) is 2.60. The Kier molecular flexibility index (Phi) is 3.14. The highest BCUT2D eigenvalue weighted by Crippen LogP contribution is 2.27. The summed E-state index contributed by atoms with van der Waals surface area (Å²) < 4.78 is 5.43. The molecule has 0 fully saturated rings. The first-order valence-electron chi connectivity index (χ1n) is 4.96. The highest BCUT2D eigenvalue weighted by atomic mass is 35.5. The lowest BCUT2D eigenvalue weighted by Gasteiger charge is -2.06. The van der Waals surface area contributed by atoms with E-state index in [0.717, 1.165) is 31.7 Å². The zero-order chi connectivity index (χ0) is 9.80. The van der Waals surface area contributed by atoms with E-state index in [1.807, 2.05) is 6.07 Å². The molecule has 0 saturated heterocycles. The molecule has 1 aliphatic rings. The Hall–Kier alpha value is -0.890. The molecule has 14 heavy (non-hydrogen) atoms. The Morgan fingerprint density at radius 3 is 3.21 bits per heavy atom. The number of fused-ring (bicyclic) bond motifs is 1. The van der Waals surface area contributed by atoms with Gasteiger partial charge in [-0.1, -0.05) is 0 Å². The molecule has 1 aromatic rings. The molecular formula is C11H14ClNO. The van der Waals surface area contributed by atoms with Crippen molar-refractivity contribution in [3.8, 4) is 5.75 Å². The molecule has 0 bridgehead atoms. The molecule has 2 nitrogen and oxygen atoms in total. The maximum Gasteiger partial charge on any atom is 0.122 e. The largest absolute Gasteiger partial charge is 0.493 e. The molecule has 2 rings (SSSR count). The van der Waals surface area contributed by atoms with E-state index < -0.39 is 0 Å². The van der Waals surface area contributed by atoms with Crippen LogP contribution < -0.4 is 10.1 Å². The van der Waals surface area contributed by atoms with Gasteiger partial charge in [-0.05, 0) is 30.2 Å². The summed E-state index contributed by atoms with van der Waals surface area (Å²) in [4.78, 5) is 0. The fourth-order valence-electron chi connectivity index (χ4n) is 1.60. The summed E-state index contributed by atoms with van der Waals surface area (Å²) in [5.74, 6) is 1.74. The summed E-state index contributed by atoms with van der Waals surface area (Å²) in [6, 6.07) is 6.25. The second-order valence-corrected chi connectivity index (χ2v) is 3.77. The van der Waals surface area contributed by atoms with Crippen molar-refractivity contribution in [1.82, 2.24) is 0 Å². The smallest absolute Gasteiger partial charge is 0.122 e. The van der Waals surface area contributed by atoms with Gasteiger partial charge >= 0.3 is 0 Å².